The molecule has 32 heavy (non-hydrogen) atoms. The number of ether oxygens (including phenoxy) is 1. The van der Waals surface area contributed by atoms with E-state index in [1.807, 2.05) is 38.2 Å². The fraction of sp³-hybridized carbons (Fsp3) is 0.417. The van der Waals surface area contributed by atoms with Crippen molar-refractivity contribution in [1.29, 1.82) is 0 Å². The lowest BCUT2D eigenvalue weighted by Crippen LogP contribution is -2.27. The van der Waals surface area contributed by atoms with Crippen molar-refractivity contribution in [2.24, 2.45) is 0 Å². The molecule has 0 unspecified atom stereocenters. The van der Waals surface area contributed by atoms with E-state index in [0.29, 0.717) is 5.92 Å². The van der Waals surface area contributed by atoms with Crippen molar-refractivity contribution in [3.63, 3.8) is 0 Å². The summed E-state index contributed by atoms with van der Waals surface area (Å²) in [5.41, 5.74) is 2.95. The number of H-pyrrole nitrogens is 1. The molecule has 1 aliphatic heterocycles. The highest BCUT2D eigenvalue weighted by atomic mass is 16.5. The lowest BCUT2D eigenvalue weighted by molar-refractivity contribution is 0.243. The highest BCUT2D eigenvalue weighted by Gasteiger charge is 2.29. The van der Waals surface area contributed by atoms with Gasteiger partial charge in [-0.25, -0.2) is 14.6 Å². The van der Waals surface area contributed by atoms with Gasteiger partial charge in [-0.2, -0.15) is 10.2 Å². The maximum Gasteiger partial charge on any atom is 0.154 e. The molecular weight excluding hydrogens is 402 g/mol. The second-order valence-corrected chi connectivity index (χ2v) is 8.97. The van der Waals surface area contributed by atoms with Gasteiger partial charge in [-0.05, 0) is 57.0 Å². The van der Waals surface area contributed by atoms with Gasteiger partial charge in [0.15, 0.2) is 5.82 Å². The van der Waals surface area contributed by atoms with Crippen molar-refractivity contribution in [1.82, 2.24) is 29.9 Å². The van der Waals surface area contributed by atoms with Gasteiger partial charge in [0.2, 0.25) is 0 Å². The quantitative estimate of drug-likeness (QED) is 0.517. The first kappa shape index (κ1) is 19.3. The van der Waals surface area contributed by atoms with Crippen molar-refractivity contribution in [3.05, 3.63) is 48.2 Å². The van der Waals surface area contributed by atoms with E-state index in [2.05, 4.69) is 36.9 Å². The zero-order valence-electron chi connectivity index (χ0n) is 18.5. The van der Waals surface area contributed by atoms with Crippen LogP contribution in [0.15, 0.2) is 36.5 Å². The number of rotatable bonds is 5. The van der Waals surface area contributed by atoms with E-state index in [9.17, 15) is 0 Å². The summed E-state index contributed by atoms with van der Waals surface area (Å²) >= 11 is 0. The molecular formula is C24H27N7O. The molecule has 4 heterocycles. The Hall–Kier alpha value is -3.42. The largest absolute Gasteiger partial charge is 0.491 e. The Balaban J connectivity index is 1.26. The topological polar surface area (TPSA) is 84.8 Å². The van der Waals surface area contributed by atoms with E-state index in [1.165, 1.54) is 12.8 Å². The van der Waals surface area contributed by atoms with Crippen LogP contribution in [0.1, 0.15) is 44.3 Å². The van der Waals surface area contributed by atoms with Crippen LogP contribution in [0, 0.1) is 0 Å². The number of aromatic nitrogens is 6. The van der Waals surface area contributed by atoms with Crippen molar-refractivity contribution in [2.75, 3.05) is 18.0 Å². The smallest absolute Gasteiger partial charge is 0.154 e. The molecule has 0 radical (unpaired) electrons. The first-order valence-electron chi connectivity index (χ1n) is 11.4. The summed E-state index contributed by atoms with van der Waals surface area (Å²) in [5, 5.41) is 13.5. The Morgan fingerprint density at radius 3 is 2.84 bits per heavy atom. The van der Waals surface area contributed by atoms with E-state index in [-0.39, 0.29) is 6.10 Å². The summed E-state index contributed by atoms with van der Waals surface area (Å²) in [6, 6.07) is 10.2. The number of aromatic amines is 1. The third kappa shape index (κ3) is 3.59. The van der Waals surface area contributed by atoms with Crippen molar-refractivity contribution < 1.29 is 4.74 Å². The molecule has 6 rings (SSSR count). The van der Waals surface area contributed by atoms with Gasteiger partial charge in [-0.1, -0.05) is 0 Å². The van der Waals surface area contributed by atoms with Crippen LogP contribution < -0.4 is 9.64 Å². The maximum absolute atomic E-state index is 5.89. The van der Waals surface area contributed by atoms with Gasteiger partial charge >= 0.3 is 0 Å². The fourth-order valence-electron chi connectivity index (χ4n) is 4.36. The Labute approximate surface area is 186 Å². The zero-order valence-corrected chi connectivity index (χ0v) is 18.5. The molecule has 0 spiro atoms. The molecule has 4 aromatic rings. The fourth-order valence-corrected chi connectivity index (χ4v) is 4.36. The van der Waals surface area contributed by atoms with Gasteiger partial charge in [-0.15, -0.1) is 0 Å². The minimum Gasteiger partial charge on any atom is -0.491 e. The Morgan fingerprint density at radius 1 is 1.09 bits per heavy atom. The SMILES string of the molecule is CC(C)Oc1ccc2[nH]nc(-c3ccnc(N4CCc5nc(C6CC6)nn5CC4)c3)c2c1. The van der Waals surface area contributed by atoms with Gasteiger partial charge < -0.3 is 9.64 Å². The van der Waals surface area contributed by atoms with E-state index in [4.69, 9.17) is 14.8 Å². The third-order valence-electron chi connectivity index (χ3n) is 6.14. The standard InChI is InChI=1S/C24H27N7O/c1-15(2)32-18-5-6-20-19(14-18)23(28-27-20)17-7-9-25-22(13-17)30-10-8-21-26-24(16-3-4-16)29-31(21)12-11-30/h5-7,9,13-16H,3-4,8,10-12H2,1-2H3,(H,27,28). The molecule has 0 atom stereocenters. The molecule has 8 nitrogen and oxygen atoms in total. The number of nitrogens with zero attached hydrogens (tertiary/aromatic N) is 6. The normalized spacial score (nSPS) is 16.4. The second kappa shape index (κ2) is 7.62. The Bertz CT molecular complexity index is 1250. The average Bonchev–Trinajstić information content (AvgIpc) is 3.48. The first-order chi connectivity index (χ1) is 15.6. The number of hydrogen-bond donors (Lipinski definition) is 1. The second-order valence-electron chi connectivity index (χ2n) is 8.97. The van der Waals surface area contributed by atoms with Gasteiger partial charge in [-0.3, -0.25) is 5.10 Å². The third-order valence-corrected chi connectivity index (χ3v) is 6.14. The highest BCUT2D eigenvalue weighted by molar-refractivity contribution is 5.94. The van der Waals surface area contributed by atoms with Gasteiger partial charge in [0.05, 0.1) is 18.2 Å². The minimum absolute atomic E-state index is 0.128. The summed E-state index contributed by atoms with van der Waals surface area (Å²) in [6.07, 6.45) is 5.35. The van der Waals surface area contributed by atoms with E-state index < -0.39 is 0 Å². The van der Waals surface area contributed by atoms with E-state index in [0.717, 1.165) is 71.4 Å². The molecule has 164 valence electrons. The number of anilines is 1. The predicted octanol–water partition coefficient (Wildman–Crippen LogP) is 3.94. The lowest BCUT2D eigenvalue weighted by atomic mass is 10.1. The Morgan fingerprint density at radius 2 is 2.00 bits per heavy atom. The molecule has 3 aromatic heterocycles. The van der Waals surface area contributed by atoms with Crippen molar-refractivity contribution >= 4 is 16.7 Å². The van der Waals surface area contributed by atoms with Crippen LogP contribution in [0.4, 0.5) is 5.82 Å². The van der Waals surface area contributed by atoms with Gasteiger partial charge in [0.25, 0.3) is 0 Å². The molecule has 8 heteroatoms. The molecule has 0 bridgehead atoms. The predicted molar refractivity (Wildman–Crippen MR) is 123 cm³/mol. The molecule has 0 saturated heterocycles. The van der Waals surface area contributed by atoms with Crippen LogP contribution in [-0.4, -0.2) is 49.1 Å². The molecule has 1 N–H and O–H groups in total. The summed E-state index contributed by atoms with van der Waals surface area (Å²) in [4.78, 5) is 11.8. The van der Waals surface area contributed by atoms with Crippen LogP contribution >= 0.6 is 0 Å². The number of hydrogen-bond acceptors (Lipinski definition) is 6. The van der Waals surface area contributed by atoms with Gasteiger partial charge in [0.1, 0.15) is 23.1 Å². The van der Waals surface area contributed by atoms with E-state index >= 15 is 0 Å². The number of fused-ring (bicyclic) bond motifs is 2. The molecule has 2 aliphatic rings. The van der Waals surface area contributed by atoms with E-state index in [1.54, 1.807) is 0 Å². The maximum atomic E-state index is 5.89. The highest BCUT2D eigenvalue weighted by Crippen LogP contribution is 2.38. The van der Waals surface area contributed by atoms with Crippen LogP contribution in [0.2, 0.25) is 0 Å². The van der Waals surface area contributed by atoms with Crippen LogP contribution in [0.5, 0.6) is 5.75 Å². The van der Waals surface area contributed by atoms with Gasteiger partial charge in [0, 0.05) is 42.6 Å². The van der Waals surface area contributed by atoms with Crippen LogP contribution in [0.25, 0.3) is 22.2 Å². The molecule has 1 saturated carbocycles. The Kier molecular flexibility index (Phi) is 4.59. The average molecular weight is 430 g/mol. The molecule has 1 aromatic carbocycles. The summed E-state index contributed by atoms with van der Waals surface area (Å²) < 4.78 is 7.98. The summed E-state index contributed by atoms with van der Waals surface area (Å²) in [5.74, 6) is 4.55. The molecule has 1 fully saturated rings. The lowest BCUT2D eigenvalue weighted by Gasteiger charge is -2.21. The summed E-state index contributed by atoms with van der Waals surface area (Å²) in [7, 11) is 0. The van der Waals surface area contributed by atoms with Crippen molar-refractivity contribution in [3.8, 4) is 17.0 Å². The zero-order chi connectivity index (χ0) is 21.7. The van der Waals surface area contributed by atoms with Crippen LogP contribution in [0.3, 0.4) is 0 Å². The monoisotopic (exact) mass is 429 g/mol. The van der Waals surface area contributed by atoms with Crippen LogP contribution in [-0.2, 0) is 13.0 Å². The number of nitrogens with one attached hydrogen (secondary N) is 1. The molecule has 0 amide bonds. The minimum atomic E-state index is 0.128. The number of pyridine rings is 1. The summed E-state index contributed by atoms with van der Waals surface area (Å²) in [6.45, 7) is 6.65. The number of benzene rings is 1. The first-order valence-corrected chi connectivity index (χ1v) is 11.4. The van der Waals surface area contributed by atoms with Crippen molar-refractivity contribution in [2.45, 2.75) is 51.7 Å². The molecule has 1 aliphatic carbocycles.